The van der Waals surface area contributed by atoms with Gasteiger partial charge in [0.05, 0.1) is 33.0 Å². The fraction of sp³-hybridized carbons (Fsp3) is 0.167. The molecule has 34 heavy (non-hydrogen) atoms. The number of rotatable bonds is 5. The Kier molecular flexibility index (Phi) is 5.27. The standard InChI is InChI=1S/C24H19F3N4O3/c1-33-17-9-18(34-2)20(27)22(19(17)26)31-12-14-10-29-23-16(6-7-28-23)21(14)30(24(31)32)11-13-4-3-5-15(25)8-13/h3-10H,11-12H2,1-2H3,(H,28,29). The van der Waals surface area contributed by atoms with Crippen LogP contribution in [0.5, 0.6) is 11.5 Å². The average Bonchev–Trinajstić information content (AvgIpc) is 3.30. The zero-order valence-corrected chi connectivity index (χ0v) is 18.2. The number of halogens is 3. The van der Waals surface area contributed by atoms with Crippen LogP contribution in [0.1, 0.15) is 11.1 Å². The third kappa shape index (κ3) is 3.38. The summed E-state index contributed by atoms with van der Waals surface area (Å²) >= 11 is 0. The van der Waals surface area contributed by atoms with Crippen LogP contribution in [-0.2, 0) is 13.1 Å². The Hall–Kier alpha value is -4.21. The quantitative estimate of drug-likeness (QED) is 0.440. The monoisotopic (exact) mass is 468 g/mol. The van der Waals surface area contributed by atoms with Crippen LogP contribution >= 0.6 is 0 Å². The molecule has 10 heteroatoms. The molecule has 4 aromatic rings. The van der Waals surface area contributed by atoms with Crippen LogP contribution in [0, 0.1) is 17.5 Å². The van der Waals surface area contributed by atoms with Crippen molar-refractivity contribution in [3.63, 3.8) is 0 Å². The van der Waals surface area contributed by atoms with Crippen LogP contribution in [-0.4, -0.2) is 30.2 Å². The molecule has 2 aromatic heterocycles. The van der Waals surface area contributed by atoms with Crippen molar-refractivity contribution in [3.8, 4) is 11.5 Å². The number of fused-ring (bicyclic) bond motifs is 3. The minimum absolute atomic E-state index is 0.0330. The number of anilines is 2. The topological polar surface area (TPSA) is 70.7 Å². The first kappa shape index (κ1) is 21.6. The van der Waals surface area contributed by atoms with Crippen molar-refractivity contribution in [3.05, 3.63) is 77.4 Å². The van der Waals surface area contributed by atoms with Gasteiger partial charge in [0.25, 0.3) is 0 Å². The second-order valence-corrected chi connectivity index (χ2v) is 7.71. The van der Waals surface area contributed by atoms with Gasteiger partial charge in [0.1, 0.15) is 17.2 Å². The molecule has 1 aliphatic heterocycles. The number of hydrogen-bond acceptors (Lipinski definition) is 4. The largest absolute Gasteiger partial charge is 0.493 e. The van der Waals surface area contributed by atoms with Crippen LogP contribution in [0.15, 0.2) is 48.8 Å². The molecule has 0 saturated heterocycles. The van der Waals surface area contributed by atoms with E-state index in [1.54, 1.807) is 24.5 Å². The van der Waals surface area contributed by atoms with Gasteiger partial charge in [-0.25, -0.2) is 22.9 Å². The Balaban J connectivity index is 1.70. The Morgan fingerprint density at radius 1 is 1.03 bits per heavy atom. The van der Waals surface area contributed by atoms with E-state index in [2.05, 4.69) is 9.97 Å². The average molecular weight is 468 g/mol. The van der Waals surface area contributed by atoms with Gasteiger partial charge in [-0.05, 0) is 23.8 Å². The summed E-state index contributed by atoms with van der Waals surface area (Å²) in [4.78, 5) is 23.4. The fourth-order valence-corrected chi connectivity index (χ4v) is 4.20. The van der Waals surface area contributed by atoms with E-state index >= 15 is 8.78 Å². The predicted molar refractivity (Wildman–Crippen MR) is 120 cm³/mol. The molecule has 174 valence electrons. The lowest BCUT2D eigenvalue weighted by atomic mass is 10.1. The number of hydrogen-bond donors (Lipinski definition) is 1. The Morgan fingerprint density at radius 3 is 2.44 bits per heavy atom. The molecular weight excluding hydrogens is 449 g/mol. The third-order valence-corrected chi connectivity index (χ3v) is 5.74. The highest BCUT2D eigenvalue weighted by molar-refractivity contribution is 6.11. The van der Waals surface area contributed by atoms with Crippen LogP contribution in [0.3, 0.4) is 0 Å². The smallest absolute Gasteiger partial charge is 0.329 e. The van der Waals surface area contributed by atoms with Crippen LogP contribution in [0.4, 0.5) is 29.3 Å². The van der Waals surface area contributed by atoms with Crippen molar-refractivity contribution >= 4 is 28.4 Å². The molecule has 0 unspecified atom stereocenters. The molecule has 1 aliphatic rings. The van der Waals surface area contributed by atoms with Gasteiger partial charge in [0.2, 0.25) is 0 Å². The first-order valence-corrected chi connectivity index (χ1v) is 10.3. The lowest BCUT2D eigenvalue weighted by Gasteiger charge is -2.37. The zero-order chi connectivity index (χ0) is 24.0. The Labute approximate surface area is 192 Å². The second kappa shape index (κ2) is 8.29. The summed E-state index contributed by atoms with van der Waals surface area (Å²) in [7, 11) is 2.46. The van der Waals surface area contributed by atoms with E-state index in [4.69, 9.17) is 9.47 Å². The molecule has 0 radical (unpaired) electrons. The molecule has 0 aliphatic carbocycles. The number of urea groups is 1. The molecular formula is C24H19F3N4O3. The molecule has 0 saturated carbocycles. The van der Waals surface area contributed by atoms with Gasteiger partial charge >= 0.3 is 6.03 Å². The molecule has 0 spiro atoms. The van der Waals surface area contributed by atoms with Gasteiger partial charge in [-0.3, -0.25) is 9.80 Å². The maximum atomic E-state index is 15.3. The van der Waals surface area contributed by atoms with Gasteiger partial charge < -0.3 is 14.5 Å². The minimum Gasteiger partial charge on any atom is -0.493 e. The number of benzene rings is 2. The summed E-state index contributed by atoms with van der Waals surface area (Å²) in [5, 5.41) is 0.658. The number of aromatic amines is 1. The van der Waals surface area contributed by atoms with Crippen molar-refractivity contribution in [1.82, 2.24) is 9.97 Å². The maximum Gasteiger partial charge on any atom is 0.329 e. The second-order valence-electron chi connectivity index (χ2n) is 7.71. The summed E-state index contributed by atoms with van der Waals surface area (Å²) in [6.07, 6.45) is 3.22. The van der Waals surface area contributed by atoms with E-state index in [-0.39, 0.29) is 24.6 Å². The normalized spacial score (nSPS) is 13.4. The minimum atomic E-state index is -1.04. The molecule has 2 aromatic carbocycles. The van der Waals surface area contributed by atoms with Crippen LogP contribution < -0.4 is 19.3 Å². The fourth-order valence-electron chi connectivity index (χ4n) is 4.20. The third-order valence-electron chi connectivity index (χ3n) is 5.74. The molecule has 2 amide bonds. The summed E-state index contributed by atoms with van der Waals surface area (Å²) in [5.74, 6) is -3.10. The van der Waals surface area contributed by atoms with Gasteiger partial charge in [0, 0.05) is 29.4 Å². The Bertz CT molecular complexity index is 1390. The maximum absolute atomic E-state index is 15.3. The molecule has 3 heterocycles. The summed E-state index contributed by atoms with van der Waals surface area (Å²) in [6.45, 7) is -0.180. The summed E-state index contributed by atoms with van der Waals surface area (Å²) in [5.41, 5.74) is 1.54. The van der Waals surface area contributed by atoms with Crippen molar-refractivity contribution in [2.75, 3.05) is 24.0 Å². The first-order chi connectivity index (χ1) is 16.4. The number of carbonyl (C=O) groups excluding carboxylic acids is 1. The van der Waals surface area contributed by atoms with Crippen molar-refractivity contribution < 1.29 is 27.4 Å². The van der Waals surface area contributed by atoms with Gasteiger partial charge in [-0.15, -0.1) is 0 Å². The van der Waals surface area contributed by atoms with E-state index in [0.29, 0.717) is 27.8 Å². The molecule has 5 rings (SSSR count). The number of nitrogens with one attached hydrogen (secondary N) is 1. The van der Waals surface area contributed by atoms with E-state index in [9.17, 15) is 9.18 Å². The highest BCUT2D eigenvalue weighted by Gasteiger charge is 2.37. The molecule has 1 N–H and O–H groups in total. The predicted octanol–water partition coefficient (Wildman–Crippen LogP) is 5.14. The highest BCUT2D eigenvalue weighted by Crippen LogP contribution is 2.42. The number of pyridine rings is 1. The van der Waals surface area contributed by atoms with Crippen molar-refractivity contribution in [2.45, 2.75) is 13.1 Å². The molecule has 0 atom stereocenters. The van der Waals surface area contributed by atoms with Crippen molar-refractivity contribution in [1.29, 1.82) is 0 Å². The van der Waals surface area contributed by atoms with Crippen LogP contribution in [0.2, 0.25) is 0 Å². The number of amides is 2. The number of nitrogens with zero attached hydrogens (tertiary/aromatic N) is 3. The molecule has 0 fully saturated rings. The van der Waals surface area contributed by atoms with Crippen molar-refractivity contribution in [2.24, 2.45) is 0 Å². The number of carbonyl (C=O) groups is 1. The SMILES string of the molecule is COc1cc(OC)c(F)c(N2Cc3cnc4[nH]ccc4c3N(Cc3cccc(F)c3)C2=O)c1F. The van der Waals surface area contributed by atoms with E-state index in [1.165, 1.54) is 37.3 Å². The molecule has 7 nitrogen and oxygen atoms in total. The number of aromatic nitrogens is 2. The first-order valence-electron chi connectivity index (χ1n) is 10.3. The zero-order valence-electron chi connectivity index (χ0n) is 18.2. The summed E-state index contributed by atoms with van der Waals surface area (Å²) < 4.78 is 54.5. The Morgan fingerprint density at radius 2 is 1.76 bits per heavy atom. The molecule has 0 bridgehead atoms. The van der Waals surface area contributed by atoms with Gasteiger partial charge in [-0.1, -0.05) is 12.1 Å². The van der Waals surface area contributed by atoms with E-state index in [1.807, 2.05) is 0 Å². The highest BCUT2D eigenvalue weighted by atomic mass is 19.1. The van der Waals surface area contributed by atoms with Gasteiger partial charge in [0.15, 0.2) is 23.1 Å². The lowest BCUT2D eigenvalue weighted by Crippen LogP contribution is -2.47. The lowest BCUT2D eigenvalue weighted by molar-refractivity contribution is 0.249. The van der Waals surface area contributed by atoms with Crippen LogP contribution in [0.25, 0.3) is 11.0 Å². The number of H-pyrrole nitrogens is 1. The van der Waals surface area contributed by atoms with E-state index < -0.39 is 29.2 Å². The number of methoxy groups -OCH3 is 2. The van der Waals surface area contributed by atoms with Gasteiger partial charge in [-0.2, -0.15) is 0 Å². The number of ether oxygens (including phenoxy) is 2. The summed E-state index contributed by atoms with van der Waals surface area (Å²) in [6, 6.07) is 7.94. The van der Waals surface area contributed by atoms with E-state index in [0.717, 1.165) is 11.0 Å².